The van der Waals surface area contributed by atoms with Crippen LogP contribution in [0.15, 0.2) is 72.5 Å². The molecule has 0 aliphatic carbocycles. The number of carbonyl (C=O) groups is 1. The van der Waals surface area contributed by atoms with Crippen molar-refractivity contribution in [1.82, 2.24) is 5.43 Å². The average molecular weight is 389 g/mol. The van der Waals surface area contributed by atoms with Gasteiger partial charge in [-0.15, -0.1) is 5.73 Å². The number of nitrogens with zero attached hydrogens (tertiary/aromatic N) is 1. The summed E-state index contributed by atoms with van der Waals surface area (Å²) in [5.74, 6) is 0.126. The topological polar surface area (TPSA) is 32.3 Å². The van der Waals surface area contributed by atoms with Gasteiger partial charge in [-0.2, -0.15) is 0 Å². The first-order valence-corrected chi connectivity index (χ1v) is 10.6. The molecule has 2 aromatic carbocycles. The van der Waals surface area contributed by atoms with E-state index < -0.39 is 5.41 Å². The lowest BCUT2D eigenvalue weighted by molar-refractivity contribution is -0.125. The summed E-state index contributed by atoms with van der Waals surface area (Å²) in [4.78, 5) is 13.8. The molecule has 1 amide bonds. The highest BCUT2D eigenvalue weighted by Gasteiger charge is 2.52. The fourth-order valence-electron chi connectivity index (χ4n) is 4.15. The molecule has 0 aromatic heterocycles. The van der Waals surface area contributed by atoms with Crippen LogP contribution in [0, 0.1) is 12.3 Å². The van der Waals surface area contributed by atoms with Crippen molar-refractivity contribution in [3.05, 3.63) is 83.6 Å². The summed E-state index contributed by atoms with van der Waals surface area (Å²) in [5.41, 5.74) is 10.5. The Hall–Kier alpha value is -2.61. The van der Waals surface area contributed by atoms with Gasteiger partial charge < -0.3 is 0 Å². The standard InChI is InChI=1S/C26H32N2O/c1-5-7-11-22(6-2)18-26(19-23-16-14-20(3)15-17-23)21(4)27-28(25(26)29)24-12-9-8-10-13-24/h8-10,12-17,21,27H,2,5,7,11,18-19H2,1,3-4H3. The number of hydrogen-bond donors (Lipinski definition) is 1. The minimum Gasteiger partial charge on any atom is -0.272 e. The number of aryl methyl sites for hydroxylation is 1. The molecule has 1 N–H and O–H groups in total. The van der Waals surface area contributed by atoms with Crippen molar-refractivity contribution in [2.24, 2.45) is 5.41 Å². The first-order chi connectivity index (χ1) is 14.0. The van der Waals surface area contributed by atoms with Crippen molar-refractivity contribution < 1.29 is 4.79 Å². The number of anilines is 1. The SMILES string of the molecule is C=C=C(CCCC)CC1(Cc2ccc(C)cc2)C(=O)N(c2ccccc2)NC1C. The number of benzene rings is 2. The molecule has 1 saturated heterocycles. The largest absolute Gasteiger partial charge is 0.272 e. The van der Waals surface area contributed by atoms with Gasteiger partial charge in [0.2, 0.25) is 5.91 Å². The molecule has 3 nitrogen and oxygen atoms in total. The van der Waals surface area contributed by atoms with E-state index in [4.69, 9.17) is 0 Å². The van der Waals surface area contributed by atoms with Gasteiger partial charge in [0.05, 0.1) is 11.1 Å². The number of unbranched alkanes of at least 4 members (excludes halogenated alkanes) is 1. The van der Waals surface area contributed by atoms with Crippen LogP contribution in [0.25, 0.3) is 0 Å². The fraction of sp³-hybridized carbons (Fsp3) is 0.385. The van der Waals surface area contributed by atoms with Crippen molar-refractivity contribution in [3.63, 3.8) is 0 Å². The van der Waals surface area contributed by atoms with Crippen LogP contribution < -0.4 is 10.4 Å². The highest BCUT2D eigenvalue weighted by molar-refractivity contribution is 6.00. The maximum absolute atomic E-state index is 13.8. The Morgan fingerprint density at radius 1 is 1.17 bits per heavy atom. The van der Waals surface area contributed by atoms with Crippen molar-refractivity contribution in [2.75, 3.05) is 5.01 Å². The lowest BCUT2D eigenvalue weighted by Crippen LogP contribution is -2.40. The van der Waals surface area contributed by atoms with Crippen LogP contribution in [0.3, 0.4) is 0 Å². The Labute approximate surface area is 175 Å². The Balaban J connectivity index is 1.98. The lowest BCUT2D eigenvalue weighted by Gasteiger charge is -2.31. The predicted molar refractivity (Wildman–Crippen MR) is 121 cm³/mol. The van der Waals surface area contributed by atoms with Crippen LogP contribution >= 0.6 is 0 Å². The number of rotatable bonds is 8. The van der Waals surface area contributed by atoms with E-state index in [1.165, 1.54) is 11.1 Å². The normalized spacial score (nSPS) is 21.3. The van der Waals surface area contributed by atoms with Gasteiger partial charge >= 0.3 is 0 Å². The van der Waals surface area contributed by atoms with Crippen LogP contribution in [0.4, 0.5) is 5.69 Å². The van der Waals surface area contributed by atoms with Crippen LogP contribution in [-0.2, 0) is 11.2 Å². The van der Waals surface area contributed by atoms with Gasteiger partial charge in [0.25, 0.3) is 0 Å². The molecule has 1 heterocycles. The summed E-state index contributed by atoms with van der Waals surface area (Å²) in [5, 5.41) is 1.74. The van der Waals surface area contributed by atoms with E-state index in [0.29, 0.717) is 12.8 Å². The maximum Gasteiger partial charge on any atom is 0.249 e. The molecule has 2 aromatic rings. The van der Waals surface area contributed by atoms with Crippen LogP contribution in [0.1, 0.15) is 50.7 Å². The quantitative estimate of drug-likeness (QED) is 0.584. The number of hydrogen-bond acceptors (Lipinski definition) is 2. The zero-order chi connectivity index (χ0) is 20.9. The van der Waals surface area contributed by atoms with Gasteiger partial charge in [0, 0.05) is 6.04 Å². The van der Waals surface area contributed by atoms with Gasteiger partial charge in [-0.25, -0.2) is 10.4 Å². The second-order valence-electron chi connectivity index (χ2n) is 8.21. The molecule has 0 radical (unpaired) electrons. The van der Waals surface area contributed by atoms with E-state index in [1.807, 2.05) is 30.3 Å². The van der Waals surface area contributed by atoms with Crippen molar-refractivity contribution in [1.29, 1.82) is 0 Å². The minimum absolute atomic E-state index is 0.00138. The number of hydrazine groups is 1. The van der Waals surface area contributed by atoms with Crippen LogP contribution in [0.2, 0.25) is 0 Å². The molecule has 3 heteroatoms. The van der Waals surface area contributed by atoms with Gasteiger partial charge in [0.1, 0.15) is 0 Å². The average Bonchev–Trinajstić information content (AvgIpc) is 2.98. The van der Waals surface area contributed by atoms with Gasteiger partial charge in [-0.05, 0) is 62.8 Å². The highest BCUT2D eigenvalue weighted by atomic mass is 16.2. The van der Waals surface area contributed by atoms with E-state index in [1.54, 1.807) is 5.01 Å². The summed E-state index contributed by atoms with van der Waals surface area (Å²) in [7, 11) is 0. The van der Waals surface area contributed by atoms with Crippen LogP contribution in [0.5, 0.6) is 0 Å². The summed E-state index contributed by atoms with van der Waals surface area (Å²) in [6, 6.07) is 18.4. The molecule has 29 heavy (non-hydrogen) atoms. The maximum atomic E-state index is 13.8. The van der Waals surface area contributed by atoms with Crippen LogP contribution in [-0.4, -0.2) is 11.9 Å². The lowest BCUT2D eigenvalue weighted by atomic mass is 9.71. The molecular formula is C26H32N2O. The Morgan fingerprint density at radius 3 is 2.48 bits per heavy atom. The monoisotopic (exact) mass is 388 g/mol. The third kappa shape index (κ3) is 4.53. The molecular weight excluding hydrogens is 356 g/mol. The van der Waals surface area contributed by atoms with Crippen molar-refractivity contribution in [3.8, 4) is 0 Å². The molecule has 152 valence electrons. The second-order valence-corrected chi connectivity index (χ2v) is 8.21. The molecule has 1 aliphatic heterocycles. The summed E-state index contributed by atoms with van der Waals surface area (Å²) in [6.07, 6.45) is 4.54. The zero-order valence-electron chi connectivity index (χ0n) is 17.9. The van der Waals surface area contributed by atoms with E-state index in [-0.39, 0.29) is 11.9 Å². The summed E-state index contributed by atoms with van der Waals surface area (Å²) < 4.78 is 0. The molecule has 0 spiro atoms. The molecule has 0 bridgehead atoms. The van der Waals surface area contributed by atoms with Crippen molar-refractivity contribution >= 4 is 11.6 Å². The summed E-state index contributed by atoms with van der Waals surface area (Å²) >= 11 is 0. The molecule has 2 atom stereocenters. The third-order valence-corrected chi connectivity index (χ3v) is 6.05. The smallest absolute Gasteiger partial charge is 0.249 e. The highest BCUT2D eigenvalue weighted by Crippen LogP contribution is 2.42. The molecule has 0 saturated carbocycles. The number of amides is 1. The molecule has 1 aliphatic rings. The molecule has 1 fully saturated rings. The minimum atomic E-state index is -0.557. The summed E-state index contributed by atoms with van der Waals surface area (Å²) in [6.45, 7) is 10.3. The van der Waals surface area contributed by atoms with E-state index in [9.17, 15) is 4.79 Å². The van der Waals surface area contributed by atoms with E-state index in [2.05, 4.69) is 62.8 Å². The number of allylic oxidation sites excluding steroid dienone is 1. The second kappa shape index (κ2) is 9.26. The number of nitrogens with one attached hydrogen (secondary N) is 1. The fourth-order valence-corrected chi connectivity index (χ4v) is 4.15. The van der Waals surface area contributed by atoms with E-state index >= 15 is 0 Å². The predicted octanol–water partition coefficient (Wildman–Crippen LogP) is 5.76. The van der Waals surface area contributed by atoms with Gasteiger partial charge in [-0.3, -0.25) is 4.79 Å². The first-order valence-electron chi connectivity index (χ1n) is 10.6. The van der Waals surface area contributed by atoms with Gasteiger partial charge in [-0.1, -0.05) is 68.0 Å². The molecule has 3 rings (SSSR count). The third-order valence-electron chi connectivity index (χ3n) is 6.05. The number of carbonyl (C=O) groups excluding carboxylic acids is 1. The van der Waals surface area contributed by atoms with E-state index in [0.717, 1.165) is 30.5 Å². The molecule has 2 unspecified atom stereocenters. The Kier molecular flexibility index (Phi) is 6.74. The first kappa shape index (κ1) is 21.1. The van der Waals surface area contributed by atoms with Crippen molar-refractivity contribution in [2.45, 2.75) is 58.9 Å². The van der Waals surface area contributed by atoms with Gasteiger partial charge in [0.15, 0.2) is 0 Å². The number of para-hydroxylation sites is 1. The Morgan fingerprint density at radius 2 is 1.86 bits per heavy atom. The zero-order valence-corrected chi connectivity index (χ0v) is 17.9. The Bertz CT molecular complexity index is 881.